The Morgan fingerprint density at radius 1 is 1.04 bits per heavy atom. The lowest BCUT2D eigenvalue weighted by atomic mass is 10.0. The van der Waals surface area contributed by atoms with Crippen molar-refractivity contribution in [2.24, 2.45) is 5.92 Å². The predicted molar refractivity (Wildman–Crippen MR) is 94.3 cm³/mol. The van der Waals surface area contributed by atoms with Crippen LogP contribution in [-0.2, 0) is 25.7 Å². The Labute approximate surface area is 145 Å². The molecule has 24 heavy (non-hydrogen) atoms. The number of unbranched alkanes of at least 4 members (excludes halogenated alkanes) is 2. The molecule has 0 radical (unpaired) electrons. The number of hydrogen-bond acceptors (Lipinski definition) is 4. The Morgan fingerprint density at radius 2 is 1.71 bits per heavy atom. The van der Waals surface area contributed by atoms with Crippen LogP contribution in [-0.4, -0.2) is 17.5 Å². The molecule has 0 N–H and O–H groups in total. The summed E-state index contributed by atoms with van der Waals surface area (Å²) in [5.41, 5.74) is 0.561. The smallest absolute Gasteiger partial charge is 0.309 e. The maximum absolute atomic E-state index is 11.9. The van der Waals surface area contributed by atoms with E-state index in [2.05, 4.69) is 0 Å². The van der Waals surface area contributed by atoms with Crippen molar-refractivity contribution in [3.8, 4) is 0 Å². The summed E-state index contributed by atoms with van der Waals surface area (Å²) in [6.45, 7) is 7.84. The maximum atomic E-state index is 11.9. The van der Waals surface area contributed by atoms with Gasteiger partial charge < -0.3 is 9.47 Å². The molecule has 0 amide bonds. The molecule has 0 aliphatic heterocycles. The largest absolute Gasteiger partial charge is 0.461 e. The van der Waals surface area contributed by atoms with Crippen LogP contribution in [0.25, 0.3) is 0 Å². The predicted octanol–water partition coefficient (Wildman–Crippen LogP) is 4.66. The van der Waals surface area contributed by atoms with Gasteiger partial charge in [-0.25, -0.2) is 0 Å². The van der Waals surface area contributed by atoms with E-state index in [9.17, 15) is 9.59 Å². The Balaban J connectivity index is 2.09. The highest BCUT2D eigenvalue weighted by Gasteiger charge is 2.21. The van der Waals surface area contributed by atoms with Crippen LogP contribution >= 0.6 is 0 Å². The summed E-state index contributed by atoms with van der Waals surface area (Å²) in [6.07, 6.45) is 3.82. The number of ether oxygens (including phenoxy) is 2. The number of benzene rings is 1. The van der Waals surface area contributed by atoms with E-state index in [1.807, 2.05) is 58.0 Å². The normalized spacial score (nSPS) is 12.5. The van der Waals surface area contributed by atoms with E-state index in [1.54, 1.807) is 0 Å². The van der Waals surface area contributed by atoms with Gasteiger partial charge in [-0.2, -0.15) is 0 Å². The second-order valence-electron chi connectivity index (χ2n) is 7.18. The lowest BCUT2D eigenvalue weighted by Gasteiger charge is -2.22. The zero-order chi connectivity index (χ0) is 18.0. The maximum Gasteiger partial charge on any atom is 0.309 e. The first-order chi connectivity index (χ1) is 11.3. The second kappa shape index (κ2) is 10.1. The van der Waals surface area contributed by atoms with Gasteiger partial charge in [-0.15, -0.1) is 0 Å². The van der Waals surface area contributed by atoms with E-state index >= 15 is 0 Å². The van der Waals surface area contributed by atoms with E-state index in [0.717, 1.165) is 31.2 Å². The van der Waals surface area contributed by atoms with Crippen molar-refractivity contribution in [1.29, 1.82) is 0 Å². The summed E-state index contributed by atoms with van der Waals surface area (Å²) in [5, 5.41) is 0. The Hall–Kier alpha value is -1.84. The van der Waals surface area contributed by atoms with Crippen molar-refractivity contribution in [3.63, 3.8) is 0 Å². The zero-order valence-corrected chi connectivity index (χ0v) is 15.3. The van der Waals surface area contributed by atoms with E-state index in [-0.39, 0.29) is 17.9 Å². The molecule has 1 rings (SSSR count). The standard InChI is InChI=1S/C20H30O4/c1-16(19(22)24-20(2,3)4)11-7-5-10-14-18(21)23-15-17-12-8-6-9-13-17/h6,8-9,12-13,16H,5,7,10-11,14-15H2,1-4H3. The molecule has 1 aromatic carbocycles. The summed E-state index contributed by atoms with van der Waals surface area (Å²) in [6, 6.07) is 9.66. The molecule has 0 saturated carbocycles. The van der Waals surface area contributed by atoms with Crippen molar-refractivity contribution in [2.75, 3.05) is 0 Å². The average Bonchev–Trinajstić information content (AvgIpc) is 2.51. The average molecular weight is 334 g/mol. The molecular formula is C20H30O4. The van der Waals surface area contributed by atoms with Crippen LogP contribution < -0.4 is 0 Å². The Morgan fingerprint density at radius 3 is 2.33 bits per heavy atom. The molecule has 0 spiro atoms. The molecule has 1 unspecified atom stereocenters. The first-order valence-electron chi connectivity index (χ1n) is 8.70. The summed E-state index contributed by atoms with van der Waals surface area (Å²) < 4.78 is 10.6. The number of esters is 2. The van der Waals surface area contributed by atoms with E-state index in [4.69, 9.17) is 9.47 Å². The van der Waals surface area contributed by atoms with Crippen molar-refractivity contribution >= 4 is 11.9 Å². The highest BCUT2D eigenvalue weighted by molar-refractivity contribution is 5.72. The van der Waals surface area contributed by atoms with Crippen LogP contribution in [0.3, 0.4) is 0 Å². The first kappa shape index (κ1) is 20.2. The lowest BCUT2D eigenvalue weighted by Crippen LogP contribution is -2.27. The highest BCUT2D eigenvalue weighted by atomic mass is 16.6. The minimum atomic E-state index is -0.437. The quantitative estimate of drug-likeness (QED) is 0.487. The Kier molecular flexibility index (Phi) is 8.51. The molecule has 0 aliphatic carbocycles. The van der Waals surface area contributed by atoms with Gasteiger partial charge in [0.25, 0.3) is 0 Å². The third-order valence-corrected chi connectivity index (χ3v) is 3.57. The van der Waals surface area contributed by atoms with Gasteiger partial charge in [-0.05, 0) is 39.2 Å². The minimum absolute atomic E-state index is 0.103. The number of rotatable bonds is 9. The van der Waals surface area contributed by atoms with Crippen molar-refractivity contribution in [1.82, 2.24) is 0 Å². The van der Waals surface area contributed by atoms with Gasteiger partial charge in [-0.3, -0.25) is 9.59 Å². The molecule has 0 heterocycles. The number of carbonyl (C=O) groups excluding carboxylic acids is 2. The molecule has 0 saturated heterocycles. The van der Waals surface area contributed by atoms with Crippen LogP contribution in [0.2, 0.25) is 0 Å². The van der Waals surface area contributed by atoms with Gasteiger partial charge in [0.15, 0.2) is 0 Å². The summed E-state index contributed by atoms with van der Waals surface area (Å²) in [4.78, 5) is 23.5. The van der Waals surface area contributed by atoms with Crippen LogP contribution in [0.15, 0.2) is 30.3 Å². The third kappa shape index (κ3) is 9.33. The van der Waals surface area contributed by atoms with Crippen LogP contribution in [0, 0.1) is 5.92 Å². The zero-order valence-electron chi connectivity index (χ0n) is 15.3. The molecule has 0 bridgehead atoms. The number of carbonyl (C=O) groups is 2. The van der Waals surface area contributed by atoms with E-state index in [1.165, 1.54) is 0 Å². The van der Waals surface area contributed by atoms with Crippen molar-refractivity contribution in [3.05, 3.63) is 35.9 Å². The molecular weight excluding hydrogens is 304 g/mol. The molecule has 134 valence electrons. The molecule has 4 nitrogen and oxygen atoms in total. The van der Waals surface area contributed by atoms with E-state index < -0.39 is 5.60 Å². The number of hydrogen-bond donors (Lipinski definition) is 0. The Bertz CT molecular complexity index is 502. The van der Waals surface area contributed by atoms with Crippen molar-refractivity contribution in [2.45, 2.75) is 72.0 Å². The second-order valence-corrected chi connectivity index (χ2v) is 7.18. The monoisotopic (exact) mass is 334 g/mol. The molecule has 0 aromatic heterocycles. The molecule has 0 aliphatic rings. The van der Waals surface area contributed by atoms with Gasteiger partial charge >= 0.3 is 11.9 Å². The van der Waals surface area contributed by atoms with Crippen LogP contribution in [0.4, 0.5) is 0 Å². The summed E-state index contributed by atoms with van der Waals surface area (Å²) in [7, 11) is 0. The van der Waals surface area contributed by atoms with Crippen molar-refractivity contribution < 1.29 is 19.1 Å². The molecule has 0 fully saturated rings. The lowest BCUT2D eigenvalue weighted by molar-refractivity contribution is -0.159. The molecule has 1 aromatic rings. The molecule has 4 heteroatoms. The van der Waals surface area contributed by atoms with Crippen LogP contribution in [0.5, 0.6) is 0 Å². The minimum Gasteiger partial charge on any atom is -0.461 e. The fraction of sp³-hybridized carbons (Fsp3) is 0.600. The fourth-order valence-electron chi connectivity index (χ4n) is 2.23. The van der Waals surface area contributed by atoms with E-state index in [0.29, 0.717) is 13.0 Å². The van der Waals surface area contributed by atoms with Gasteiger partial charge in [0.05, 0.1) is 5.92 Å². The molecule has 1 atom stereocenters. The van der Waals surface area contributed by atoms with Gasteiger partial charge in [0.1, 0.15) is 12.2 Å². The van der Waals surface area contributed by atoms with Gasteiger partial charge in [-0.1, -0.05) is 50.1 Å². The highest BCUT2D eigenvalue weighted by Crippen LogP contribution is 2.16. The van der Waals surface area contributed by atoms with Crippen LogP contribution in [0.1, 0.15) is 65.4 Å². The summed E-state index contributed by atoms with van der Waals surface area (Å²) >= 11 is 0. The first-order valence-corrected chi connectivity index (χ1v) is 8.70. The summed E-state index contributed by atoms with van der Waals surface area (Å²) in [5.74, 6) is -0.418. The fourth-order valence-corrected chi connectivity index (χ4v) is 2.23. The SMILES string of the molecule is CC(CCCCCC(=O)OCc1ccccc1)C(=O)OC(C)(C)C. The van der Waals surface area contributed by atoms with Gasteiger partial charge in [0.2, 0.25) is 0 Å². The topological polar surface area (TPSA) is 52.6 Å². The van der Waals surface area contributed by atoms with Gasteiger partial charge in [0, 0.05) is 6.42 Å². The third-order valence-electron chi connectivity index (χ3n) is 3.57.